The third kappa shape index (κ3) is 4.72. The number of aromatic nitrogens is 4. The second-order valence-electron chi connectivity index (χ2n) is 5.87. The highest BCUT2D eigenvalue weighted by molar-refractivity contribution is 5.75. The van der Waals surface area contributed by atoms with Crippen molar-refractivity contribution < 1.29 is 4.79 Å². The lowest BCUT2D eigenvalue weighted by molar-refractivity contribution is -0.121. The number of hydrogen-bond acceptors (Lipinski definition) is 3. The van der Waals surface area contributed by atoms with E-state index in [0.717, 1.165) is 24.4 Å². The van der Waals surface area contributed by atoms with Gasteiger partial charge < -0.3 is 9.88 Å². The Balaban J connectivity index is 1.63. The van der Waals surface area contributed by atoms with Crippen LogP contribution in [0.25, 0.3) is 0 Å². The van der Waals surface area contributed by atoms with Crippen LogP contribution < -0.4 is 5.32 Å². The van der Waals surface area contributed by atoms with Crippen molar-refractivity contribution in [2.75, 3.05) is 6.54 Å². The Morgan fingerprint density at radius 1 is 1.36 bits per heavy atom. The molecule has 0 saturated carbocycles. The molecule has 22 heavy (non-hydrogen) atoms. The van der Waals surface area contributed by atoms with Gasteiger partial charge in [-0.25, -0.2) is 4.98 Å². The fraction of sp³-hybridized carbons (Fsp3) is 0.562. The summed E-state index contributed by atoms with van der Waals surface area (Å²) in [4.78, 5) is 16.1. The quantitative estimate of drug-likeness (QED) is 0.760. The molecule has 0 atom stereocenters. The van der Waals surface area contributed by atoms with Gasteiger partial charge in [-0.1, -0.05) is 13.8 Å². The molecule has 1 amide bonds. The van der Waals surface area contributed by atoms with Crippen LogP contribution in [0.1, 0.15) is 44.0 Å². The van der Waals surface area contributed by atoms with Crippen molar-refractivity contribution in [1.82, 2.24) is 24.6 Å². The van der Waals surface area contributed by atoms with Crippen LogP contribution in [0.4, 0.5) is 0 Å². The van der Waals surface area contributed by atoms with Crippen molar-refractivity contribution in [3.63, 3.8) is 0 Å². The third-order valence-corrected chi connectivity index (χ3v) is 3.49. The lowest BCUT2D eigenvalue weighted by Crippen LogP contribution is -2.26. The van der Waals surface area contributed by atoms with Gasteiger partial charge in [0.1, 0.15) is 5.82 Å². The number of amides is 1. The first kappa shape index (κ1) is 16.3. The van der Waals surface area contributed by atoms with E-state index in [9.17, 15) is 4.79 Å². The monoisotopic (exact) mass is 303 g/mol. The molecule has 0 aliphatic carbocycles. The van der Waals surface area contributed by atoms with E-state index in [4.69, 9.17) is 0 Å². The first-order valence-corrected chi connectivity index (χ1v) is 7.83. The van der Waals surface area contributed by atoms with Crippen LogP contribution >= 0.6 is 0 Å². The van der Waals surface area contributed by atoms with E-state index in [-0.39, 0.29) is 5.91 Å². The lowest BCUT2D eigenvalue weighted by atomic mass is 10.2. The summed E-state index contributed by atoms with van der Waals surface area (Å²) in [5.41, 5.74) is 1.11. The van der Waals surface area contributed by atoms with Crippen molar-refractivity contribution in [2.45, 2.75) is 52.6 Å². The zero-order chi connectivity index (χ0) is 15.9. The van der Waals surface area contributed by atoms with Gasteiger partial charge in [0, 0.05) is 50.6 Å². The van der Waals surface area contributed by atoms with Gasteiger partial charge in [0.25, 0.3) is 0 Å². The number of nitrogens with one attached hydrogen (secondary N) is 1. The van der Waals surface area contributed by atoms with Crippen LogP contribution in [-0.2, 0) is 17.9 Å². The van der Waals surface area contributed by atoms with Crippen molar-refractivity contribution >= 4 is 5.91 Å². The summed E-state index contributed by atoms with van der Waals surface area (Å²) in [5, 5.41) is 7.13. The molecule has 2 heterocycles. The molecule has 0 saturated heterocycles. The largest absolute Gasteiger partial charge is 0.356 e. The summed E-state index contributed by atoms with van der Waals surface area (Å²) >= 11 is 0. The van der Waals surface area contributed by atoms with E-state index in [0.29, 0.717) is 25.4 Å². The second-order valence-corrected chi connectivity index (χ2v) is 5.87. The minimum absolute atomic E-state index is 0.0721. The molecular formula is C16H25N5O. The highest BCUT2D eigenvalue weighted by Gasteiger charge is 2.07. The Hall–Kier alpha value is -2.11. The summed E-state index contributed by atoms with van der Waals surface area (Å²) in [6.45, 7) is 8.46. The van der Waals surface area contributed by atoms with E-state index in [1.165, 1.54) is 0 Å². The highest BCUT2D eigenvalue weighted by Crippen LogP contribution is 2.11. The highest BCUT2D eigenvalue weighted by atomic mass is 16.1. The molecule has 0 aliphatic rings. The fourth-order valence-corrected chi connectivity index (χ4v) is 2.38. The maximum Gasteiger partial charge on any atom is 0.221 e. The fourth-order valence-electron chi connectivity index (χ4n) is 2.38. The molecule has 2 aromatic rings. The SMILES string of the molecule is Cc1cnn(CCC(=O)NCCCn2ccnc2C(C)C)c1. The van der Waals surface area contributed by atoms with E-state index in [1.54, 1.807) is 10.9 Å². The molecule has 0 aromatic carbocycles. The lowest BCUT2D eigenvalue weighted by Gasteiger charge is -2.10. The minimum Gasteiger partial charge on any atom is -0.356 e. The second kappa shape index (κ2) is 7.77. The smallest absolute Gasteiger partial charge is 0.221 e. The Bertz CT molecular complexity index is 599. The van der Waals surface area contributed by atoms with Gasteiger partial charge in [-0.05, 0) is 18.9 Å². The standard InChI is InChI=1S/C16H25N5O/c1-13(2)16-18-7-10-20(16)8-4-6-17-15(22)5-9-21-12-14(3)11-19-21/h7,10-13H,4-6,8-9H2,1-3H3,(H,17,22). The number of hydrogen-bond donors (Lipinski definition) is 1. The van der Waals surface area contributed by atoms with Gasteiger partial charge in [0.05, 0.1) is 6.20 Å². The van der Waals surface area contributed by atoms with Crippen molar-refractivity contribution in [2.24, 2.45) is 0 Å². The molecule has 2 aromatic heterocycles. The first-order valence-electron chi connectivity index (χ1n) is 7.83. The molecule has 0 fully saturated rings. The zero-order valence-electron chi connectivity index (χ0n) is 13.6. The molecule has 6 nitrogen and oxygen atoms in total. The Morgan fingerprint density at radius 2 is 2.18 bits per heavy atom. The molecule has 0 aliphatic heterocycles. The summed E-state index contributed by atoms with van der Waals surface area (Å²) in [6, 6.07) is 0. The van der Waals surface area contributed by atoms with Crippen LogP contribution in [0.15, 0.2) is 24.8 Å². The molecule has 0 spiro atoms. The predicted molar refractivity (Wildman–Crippen MR) is 85.5 cm³/mol. The first-order chi connectivity index (χ1) is 10.6. The molecule has 0 radical (unpaired) electrons. The molecule has 0 unspecified atom stereocenters. The Labute approximate surface area is 131 Å². The number of carbonyl (C=O) groups excluding carboxylic acids is 1. The van der Waals surface area contributed by atoms with E-state index in [2.05, 4.69) is 33.8 Å². The Kier molecular flexibility index (Phi) is 5.75. The van der Waals surface area contributed by atoms with Crippen LogP contribution in [0, 0.1) is 6.92 Å². The van der Waals surface area contributed by atoms with Crippen molar-refractivity contribution in [1.29, 1.82) is 0 Å². The maximum absolute atomic E-state index is 11.8. The van der Waals surface area contributed by atoms with Crippen molar-refractivity contribution in [3.8, 4) is 0 Å². The number of imidazole rings is 1. The number of aryl methyl sites for hydroxylation is 3. The molecule has 2 rings (SSSR count). The molecule has 1 N–H and O–H groups in total. The van der Waals surface area contributed by atoms with E-state index >= 15 is 0 Å². The van der Waals surface area contributed by atoms with Gasteiger partial charge in [-0.15, -0.1) is 0 Å². The molecule has 0 bridgehead atoms. The van der Waals surface area contributed by atoms with Crippen LogP contribution in [0.5, 0.6) is 0 Å². The summed E-state index contributed by atoms with van der Waals surface area (Å²) in [6.07, 6.45) is 8.94. The maximum atomic E-state index is 11.8. The predicted octanol–water partition coefficient (Wildman–Crippen LogP) is 2.11. The molecular weight excluding hydrogens is 278 g/mol. The summed E-state index contributed by atoms with van der Waals surface area (Å²) in [7, 11) is 0. The van der Waals surface area contributed by atoms with Gasteiger partial charge in [-0.3, -0.25) is 9.48 Å². The number of rotatable bonds is 8. The van der Waals surface area contributed by atoms with Gasteiger partial charge in [-0.2, -0.15) is 5.10 Å². The average Bonchev–Trinajstić information content (AvgIpc) is 3.10. The van der Waals surface area contributed by atoms with E-state index in [1.807, 2.05) is 25.5 Å². The minimum atomic E-state index is 0.0721. The summed E-state index contributed by atoms with van der Waals surface area (Å²) < 4.78 is 3.96. The normalized spacial score (nSPS) is 11.1. The molecule has 120 valence electrons. The average molecular weight is 303 g/mol. The van der Waals surface area contributed by atoms with Crippen molar-refractivity contribution in [3.05, 3.63) is 36.2 Å². The van der Waals surface area contributed by atoms with Gasteiger partial charge >= 0.3 is 0 Å². The van der Waals surface area contributed by atoms with Gasteiger partial charge in [0.2, 0.25) is 5.91 Å². The Morgan fingerprint density at radius 3 is 2.86 bits per heavy atom. The van der Waals surface area contributed by atoms with Gasteiger partial charge in [0.15, 0.2) is 0 Å². The zero-order valence-corrected chi connectivity index (χ0v) is 13.6. The topological polar surface area (TPSA) is 64.7 Å². The van der Waals surface area contributed by atoms with Crippen LogP contribution in [-0.4, -0.2) is 31.8 Å². The van der Waals surface area contributed by atoms with E-state index < -0.39 is 0 Å². The van der Waals surface area contributed by atoms with Crippen LogP contribution in [0.2, 0.25) is 0 Å². The van der Waals surface area contributed by atoms with Crippen LogP contribution in [0.3, 0.4) is 0 Å². The summed E-state index contributed by atoms with van der Waals surface area (Å²) in [5.74, 6) is 1.59. The molecule has 6 heteroatoms. The third-order valence-electron chi connectivity index (χ3n) is 3.49. The number of carbonyl (C=O) groups is 1. The number of nitrogens with zero attached hydrogens (tertiary/aromatic N) is 4.